The third-order valence-corrected chi connectivity index (χ3v) is 5.32. The van der Waals surface area contributed by atoms with Crippen molar-refractivity contribution in [3.63, 3.8) is 0 Å². The maximum absolute atomic E-state index is 12.1. The minimum atomic E-state index is -0.651. The minimum Gasteiger partial charge on any atom is -0.468 e. The number of benzene rings is 2. The van der Waals surface area contributed by atoms with Gasteiger partial charge in [0.1, 0.15) is 13.1 Å². The molecule has 0 aliphatic rings. The Labute approximate surface area is 230 Å². The van der Waals surface area contributed by atoms with Crippen LogP contribution in [0.5, 0.6) is 0 Å². The zero-order valence-corrected chi connectivity index (χ0v) is 22.5. The number of ether oxygens (including phenoxy) is 1. The lowest BCUT2D eigenvalue weighted by atomic mass is 10.0. The van der Waals surface area contributed by atoms with E-state index in [0.717, 1.165) is 22.0 Å². The summed E-state index contributed by atoms with van der Waals surface area (Å²) in [6.07, 6.45) is 1.61. The monoisotopic (exact) mass is 555 g/mol. The molecule has 0 aliphatic carbocycles. The van der Waals surface area contributed by atoms with Crippen LogP contribution in [-0.2, 0) is 33.5 Å². The fourth-order valence-corrected chi connectivity index (χ4v) is 3.30. The summed E-state index contributed by atoms with van der Waals surface area (Å²) in [5, 5.41) is 13.5. The fourth-order valence-electron chi connectivity index (χ4n) is 3.30. The molecule has 40 heavy (non-hydrogen) atoms. The predicted octanol–water partition coefficient (Wildman–Crippen LogP) is -1.92. The van der Waals surface area contributed by atoms with E-state index in [1.54, 1.807) is 6.21 Å². The first-order chi connectivity index (χ1) is 19.1. The number of carbonyl (C=O) groups is 6. The second kappa shape index (κ2) is 16.1. The Hall–Kier alpha value is -5.01. The molecule has 5 amide bonds. The van der Waals surface area contributed by atoms with Crippen molar-refractivity contribution in [1.82, 2.24) is 26.6 Å². The highest BCUT2D eigenvalue weighted by Gasteiger charge is 2.11. The first kappa shape index (κ1) is 31.2. The van der Waals surface area contributed by atoms with Crippen LogP contribution in [0.15, 0.2) is 41.4 Å². The van der Waals surface area contributed by atoms with Gasteiger partial charge in [-0.05, 0) is 11.5 Å². The van der Waals surface area contributed by atoms with E-state index in [2.05, 4.69) is 36.3 Å². The number of rotatable bonds is 14. The molecule has 214 valence electrons. The zero-order valence-electron chi connectivity index (χ0n) is 22.5. The van der Waals surface area contributed by atoms with Crippen LogP contribution in [0.1, 0.15) is 5.56 Å². The Bertz CT molecular complexity index is 1280. The average Bonchev–Trinajstić information content (AvgIpc) is 2.95. The van der Waals surface area contributed by atoms with Gasteiger partial charge in [-0.25, -0.2) is 0 Å². The van der Waals surface area contributed by atoms with Crippen LogP contribution < -0.4 is 31.5 Å². The van der Waals surface area contributed by atoms with Gasteiger partial charge < -0.3 is 36.2 Å². The molecule has 0 spiro atoms. The Kier molecular flexibility index (Phi) is 12.5. The molecule has 0 bridgehead atoms. The summed E-state index contributed by atoms with van der Waals surface area (Å²) in [6.45, 7) is -2.13. The van der Waals surface area contributed by atoms with Crippen molar-refractivity contribution in [3.8, 4) is 0 Å². The quantitative estimate of drug-likeness (QED) is 0.132. The van der Waals surface area contributed by atoms with Gasteiger partial charge in [-0.2, -0.15) is 0 Å². The lowest BCUT2D eigenvalue weighted by Gasteiger charge is -2.16. The highest BCUT2D eigenvalue weighted by molar-refractivity contribution is 6.05. The van der Waals surface area contributed by atoms with E-state index in [1.807, 2.05) is 55.4 Å². The van der Waals surface area contributed by atoms with Gasteiger partial charge in [0.2, 0.25) is 29.5 Å². The van der Waals surface area contributed by atoms with Crippen LogP contribution in [-0.4, -0.2) is 102 Å². The number of nitrogens with zero attached hydrogens (tertiary/aromatic N) is 2. The third-order valence-electron chi connectivity index (χ3n) is 5.32. The highest BCUT2D eigenvalue weighted by Crippen LogP contribution is 2.27. The number of fused-ring (bicyclic) bond motifs is 1. The summed E-state index contributed by atoms with van der Waals surface area (Å²) >= 11 is 0. The number of carbonyl (C=O) groups excluding carboxylic acids is 6. The van der Waals surface area contributed by atoms with Crippen molar-refractivity contribution in [1.29, 1.82) is 0 Å². The van der Waals surface area contributed by atoms with E-state index in [-0.39, 0.29) is 19.6 Å². The van der Waals surface area contributed by atoms with E-state index < -0.39 is 55.1 Å². The highest BCUT2D eigenvalue weighted by atomic mass is 16.5. The molecule has 0 unspecified atom stereocenters. The van der Waals surface area contributed by atoms with Crippen LogP contribution in [0, 0.1) is 0 Å². The number of hydrogen-bond acceptors (Lipinski definition) is 9. The average molecular weight is 556 g/mol. The summed E-state index contributed by atoms with van der Waals surface area (Å²) in [5.41, 5.74) is 1.92. The van der Waals surface area contributed by atoms with Gasteiger partial charge in [-0.3, -0.25) is 33.8 Å². The Morgan fingerprint density at radius 1 is 0.700 bits per heavy atom. The molecular formula is C26H33N7O7. The van der Waals surface area contributed by atoms with Crippen molar-refractivity contribution >= 4 is 58.2 Å². The lowest BCUT2D eigenvalue weighted by Crippen LogP contribution is -2.46. The molecule has 2 aromatic rings. The number of methoxy groups -OCH3 is 1. The molecule has 0 aliphatic heterocycles. The summed E-state index contributed by atoms with van der Waals surface area (Å²) in [5.74, 6) is -3.64. The molecule has 0 atom stereocenters. The van der Waals surface area contributed by atoms with Crippen molar-refractivity contribution in [2.24, 2.45) is 4.99 Å². The van der Waals surface area contributed by atoms with E-state index in [0.29, 0.717) is 0 Å². The molecule has 2 aromatic carbocycles. The van der Waals surface area contributed by atoms with Gasteiger partial charge in [0.25, 0.3) is 0 Å². The van der Waals surface area contributed by atoms with E-state index >= 15 is 0 Å². The zero-order chi connectivity index (χ0) is 29.5. The fraction of sp³-hybridized carbons (Fsp3) is 0.346. The van der Waals surface area contributed by atoms with Gasteiger partial charge in [0.15, 0.2) is 0 Å². The second-order valence-electron chi connectivity index (χ2n) is 8.54. The Balaban J connectivity index is 1.65. The first-order valence-corrected chi connectivity index (χ1v) is 12.2. The normalized spacial score (nSPS) is 10.5. The molecule has 0 saturated heterocycles. The van der Waals surface area contributed by atoms with Crippen molar-refractivity contribution in [2.75, 3.05) is 65.4 Å². The smallest absolute Gasteiger partial charge is 0.325 e. The molecule has 0 saturated carbocycles. The standard InChI is InChI=1S/C26H33N7O7/c1-33(2)20-9-8-17(18-6-4-5-7-19(18)20)10-27-11-21(34)28-12-22(35)29-13-23(36)30-14-24(37)31-15-25(38)32-16-26(39)40-3/h4-10H,11-16H2,1-3H3,(H,28,34)(H,29,35)(H,30,36)(H,31,37)(H,32,38). The molecule has 0 radical (unpaired) electrons. The van der Waals surface area contributed by atoms with Crippen LogP contribution >= 0.6 is 0 Å². The molecule has 14 nitrogen and oxygen atoms in total. The number of hydrogen-bond donors (Lipinski definition) is 5. The van der Waals surface area contributed by atoms with Crippen molar-refractivity contribution in [3.05, 3.63) is 42.0 Å². The SMILES string of the molecule is COC(=O)CNC(=O)CNC(=O)CNC(=O)CNC(=O)CNC(=O)CN=Cc1ccc(N(C)C)c2ccccc12. The maximum Gasteiger partial charge on any atom is 0.325 e. The molecule has 14 heteroatoms. The number of esters is 1. The van der Waals surface area contributed by atoms with Crippen molar-refractivity contribution in [2.45, 2.75) is 0 Å². The molecular weight excluding hydrogens is 522 g/mol. The lowest BCUT2D eigenvalue weighted by molar-refractivity contribution is -0.141. The largest absolute Gasteiger partial charge is 0.468 e. The minimum absolute atomic E-state index is 0.187. The number of anilines is 1. The van der Waals surface area contributed by atoms with Gasteiger partial charge in [-0.1, -0.05) is 30.3 Å². The van der Waals surface area contributed by atoms with E-state index in [4.69, 9.17) is 0 Å². The summed E-state index contributed by atoms with van der Waals surface area (Å²) < 4.78 is 4.36. The van der Waals surface area contributed by atoms with Gasteiger partial charge >= 0.3 is 5.97 Å². The molecule has 0 aromatic heterocycles. The Morgan fingerprint density at radius 3 is 1.68 bits per heavy atom. The number of amides is 5. The van der Waals surface area contributed by atoms with Crippen LogP contribution in [0.3, 0.4) is 0 Å². The first-order valence-electron chi connectivity index (χ1n) is 12.2. The number of aliphatic imine (C=N–C) groups is 1. The van der Waals surface area contributed by atoms with Crippen molar-refractivity contribution < 1.29 is 33.5 Å². The van der Waals surface area contributed by atoms with Crippen LogP contribution in [0.4, 0.5) is 5.69 Å². The van der Waals surface area contributed by atoms with Gasteiger partial charge in [0, 0.05) is 36.9 Å². The molecule has 0 fully saturated rings. The predicted molar refractivity (Wildman–Crippen MR) is 148 cm³/mol. The molecule has 5 N–H and O–H groups in total. The number of nitrogens with one attached hydrogen (secondary N) is 5. The summed E-state index contributed by atoms with van der Waals surface area (Å²) in [6, 6.07) is 11.8. The second-order valence-corrected chi connectivity index (χ2v) is 8.54. The van der Waals surface area contributed by atoms with Gasteiger partial charge in [0.05, 0.1) is 33.3 Å². The van der Waals surface area contributed by atoms with Crippen LogP contribution in [0.2, 0.25) is 0 Å². The topological polar surface area (TPSA) is 187 Å². The van der Waals surface area contributed by atoms with Crippen LogP contribution in [0.25, 0.3) is 10.8 Å². The Morgan fingerprint density at radius 2 is 1.18 bits per heavy atom. The summed E-state index contributed by atoms with van der Waals surface area (Å²) in [4.78, 5) is 76.1. The van der Waals surface area contributed by atoms with Gasteiger partial charge in [-0.15, -0.1) is 0 Å². The molecule has 0 heterocycles. The maximum atomic E-state index is 12.1. The van der Waals surface area contributed by atoms with E-state index in [9.17, 15) is 28.8 Å². The van der Waals surface area contributed by atoms with E-state index in [1.165, 1.54) is 7.11 Å². The molecule has 2 rings (SSSR count). The summed E-state index contributed by atoms with van der Waals surface area (Å²) in [7, 11) is 5.09. The third kappa shape index (κ3) is 10.8.